The van der Waals surface area contributed by atoms with Crippen LogP contribution in [0.1, 0.15) is 11.8 Å². The number of hydrogen-bond acceptors (Lipinski definition) is 5. The van der Waals surface area contributed by atoms with Crippen LogP contribution in [0.3, 0.4) is 0 Å². The van der Waals surface area contributed by atoms with E-state index in [1.54, 1.807) is 13.0 Å². The van der Waals surface area contributed by atoms with Crippen LogP contribution >= 0.6 is 27.3 Å². The number of halogens is 1. The van der Waals surface area contributed by atoms with Gasteiger partial charge in [-0.25, -0.2) is 13.1 Å². The van der Waals surface area contributed by atoms with Crippen LogP contribution in [0.2, 0.25) is 0 Å². The van der Waals surface area contributed by atoms with Crippen molar-refractivity contribution in [3.63, 3.8) is 0 Å². The molecule has 1 aliphatic rings. The summed E-state index contributed by atoms with van der Waals surface area (Å²) in [6, 6.07) is 1.64. The number of ether oxygens (including phenoxy) is 1. The molecule has 1 fully saturated rings. The molecule has 1 saturated heterocycles. The zero-order chi connectivity index (χ0) is 14.8. The number of aryl methyl sites for hydroxylation is 1. The van der Waals surface area contributed by atoms with Crippen molar-refractivity contribution in [1.82, 2.24) is 9.62 Å². The predicted molar refractivity (Wildman–Crippen MR) is 83.8 cm³/mol. The Bertz CT molecular complexity index is 559. The molecular weight excluding hydrogens is 364 g/mol. The van der Waals surface area contributed by atoms with E-state index in [1.807, 2.05) is 0 Å². The summed E-state index contributed by atoms with van der Waals surface area (Å²) < 4.78 is 33.6. The van der Waals surface area contributed by atoms with Crippen molar-refractivity contribution in [3.05, 3.63) is 14.7 Å². The summed E-state index contributed by atoms with van der Waals surface area (Å²) in [6.07, 6.45) is -0.0825. The molecule has 1 atom stereocenters. The maximum atomic E-state index is 12.3. The fourth-order valence-electron chi connectivity index (χ4n) is 2.17. The van der Waals surface area contributed by atoms with Crippen LogP contribution < -0.4 is 4.72 Å². The molecule has 1 aromatic heterocycles. The summed E-state index contributed by atoms with van der Waals surface area (Å²) in [5.74, 6) is 0. The molecule has 8 heteroatoms. The Balaban J connectivity index is 1.97. The first kappa shape index (κ1) is 16.4. The summed E-state index contributed by atoms with van der Waals surface area (Å²) in [5, 5.41) is 0. The number of hydrogen-bond donors (Lipinski definition) is 1. The number of morpholine rings is 1. The summed E-state index contributed by atoms with van der Waals surface area (Å²) in [5.41, 5.74) is 0. The van der Waals surface area contributed by atoms with Gasteiger partial charge in [0.2, 0.25) is 10.0 Å². The highest BCUT2D eigenvalue weighted by Crippen LogP contribution is 2.29. The minimum atomic E-state index is -3.46. The van der Waals surface area contributed by atoms with Crippen molar-refractivity contribution in [1.29, 1.82) is 0 Å². The lowest BCUT2D eigenvalue weighted by Gasteiger charge is -2.32. The number of rotatable bonds is 5. The maximum absolute atomic E-state index is 12.3. The molecule has 0 radical (unpaired) electrons. The van der Waals surface area contributed by atoms with Crippen LogP contribution in [-0.2, 0) is 14.8 Å². The molecule has 1 N–H and O–H groups in total. The number of nitrogens with one attached hydrogen (secondary N) is 1. The van der Waals surface area contributed by atoms with E-state index in [-0.39, 0.29) is 6.10 Å². The van der Waals surface area contributed by atoms with E-state index >= 15 is 0 Å². The Morgan fingerprint density at radius 2 is 2.35 bits per heavy atom. The molecule has 2 heterocycles. The molecule has 0 aromatic carbocycles. The minimum Gasteiger partial charge on any atom is -0.374 e. The van der Waals surface area contributed by atoms with Gasteiger partial charge in [-0.1, -0.05) is 6.92 Å². The Morgan fingerprint density at radius 1 is 1.60 bits per heavy atom. The summed E-state index contributed by atoms with van der Waals surface area (Å²) in [6.45, 7) is 7.51. The molecule has 0 bridgehead atoms. The standard InChI is InChI=1S/C12H19BrN2O3S2/c1-3-15-4-5-18-10(8-15)7-14-20(16,17)11-6-12(13)19-9(11)2/h6,10,14H,3-5,7-8H2,1-2H3. The third kappa shape index (κ3) is 4.02. The van der Waals surface area contributed by atoms with Gasteiger partial charge in [-0.2, -0.15) is 0 Å². The van der Waals surface area contributed by atoms with Gasteiger partial charge in [-0.15, -0.1) is 11.3 Å². The van der Waals surface area contributed by atoms with E-state index in [4.69, 9.17) is 4.74 Å². The molecule has 1 unspecified atom stereocenters. The van der Waals surface area contributed by atoms with Crippen LogP contribution in [0, 0.1) is 6.92 Å². The Kier molecular flexibility index (Phi) is 5.61. The van der Waals surface area contributed by atoms with Crippen molar-refractivity contribution in [2.24, 2.45) is 0 Å². The second-order valence-corrected chi connectivity index (χ2v) is 9.08. The van der Waals surface area contributed by atoms with Gasteiger partial charge >= 0.3 is 0 Å². The lowest BCUT2D eigenvalue weighted by atomic mass is 10.3. The molecule has 5 nitrogen and oxygen atoms in total. The first-order chi connectivity index (χ1) is 9.42. The van der Waals surface area contributed by atoms with Crippen molar-refractivity contribution >= 4 is 37.3 Å². The molecule has 20 heavy (non-hydrogen) atoms. The monoisotopic (exact) mass is 382 g/mol. The van der Waals surface area contributed by atoms with Gasteiger partial charge in [-0.3, -0.25) is 4.90 Å². The molecule has 1 aromatic rings. The molecule has 0 spiro atoms. The van der Waals surface area contributed by atoms with Crippen LogP contribution in [0.4, 0.5) is 0 Å². The SMILES string of the molecule is CCN1CCOC(CNS(=O)(=O)c2cc(Br)sc2C)C1. The van der Waals surface area contributed by atoms with Gasteiger partial charge < -0.3 is 4.74 Å². The molecule has 1 aliphatic heterocycles. The normalized spacial score (nSPS) is 21.2. The lowest BCUT2D eigenvalue weighted by molar-refractivity contribution is -0.0229. The van der Waals surface area contributed by atoms with E-state index in [1.165, 1.54) is 11.3 Å². The third-order valence-electron chi connectivity index (χ3n) is 3.30. The Hall–Kier alpha value is 0.01000. The smallest absolute Gasteiger partial charge is 0.241 e. The van der Waals surface area contributed by atoms with E-state index in [2.05, 4.69) is 32.5 Å². The van der Waals surface area contributed by atoms with Crippen LogP contribution in [0.5, 0.6) is 0 Å². The summed E-state index contributed by atoms with van der Waals surface area (Å²) in [4.78, 5) is 3.39. The van der Waals surface area contributed by atoms with Crippen molar-refractivity contribution < 1.29 is 13.2 Å². The summed E-state index contributed by atoms with van der Waals surface area (Å²) >= 11 is 4.73. The second-order valence-electron chi connectivity index (χ2n) is 4.71. The Labute approximate surface area is 132 Å². The van der Waals surface area contributed by atoms with Crippen LogP contribution in [-0.4, -0.2) is 52.2 Å². The first-order valence-electron chi connectivity index (χ1n) is 6.52. The van der Waals surface area contributed by atoms with Crippen molar-refractivity contribution in [3.8, 4) is 0 Å². The van der Waals surface area contributed by atoms with Crippen LogP contribution in [0.15, 0.2) is 14.7 Å². The fraction of sp³-hybridized carbons (Fsp3) is 0.667. The maximum Gasteiger partial charge on any atom is 0.241 e. The highest BCUT2D eigenvalue weighted by Gasteiger charge is 2.24. The van der Waals surface area contributed by atoms with E-state index in [0.717, 1.165) is 28.3 Å². The molecule has 0 aliphatic carbocycles. The topological polar surface area (TPSA) is 58.6 Å². The number of thiophene rings is 1. The number of nitrogens with zero attached hydrogens (tertiary/aromatic N) is 1. The first-order valence-corrected chi connectivity index (χ1v) is 9.61. The molecule has 114 valence electrons. The zero-order valence-electron chi connectivity index (χ0n) is 11.6. The largest absolute Gasteiger partial charge is 0.374 e. The number of sulfonamides is 1. The van der Waals surface area contributed by atoms with Crippen molar-refractivity contribution in [2.75, 3.05) is 32.8 Å². The minimum absolute atomic E-state index is 0.0825. The molecular formula is C12H19BrN2O3S2. The van der Waals surface area contributed by atoms with Gasteiger partial charge in [0, 0.05) is 24.5 Å². The van der Waals surface area contributed by atoms with Crippen LogP contribution in [0.25, 0.3) is 0 Å². The molecule has 0 saturated carbocycles. The molecule has 0 amide bonds. The van der Waals surface area contributed by atoms with E-state index < -0.39 is 10.0 Å². The quantitative estimate of drug-likeness (QED) is 0.843. The predicted octanol–water partition coefficient (Wildman–Crippen LogP) is 1.82. The zero-order valence-corrected chi connectivity index (χ0v) is 14.8. The number of likely N-dealkylation sites (N-methyl/N-ethyl adjacent to an activating group) is 1. The van der Waals surface area contributed by atoms with Gasteiger partial charge in [0.1, 0.15) is 0 Å². The van der Waals surface area contributed by atoms with Gasteiger partial charge in [0.05, 0.1) is 21.4 Å². The summed E-state index contributed by atoms with van der Waals surface area (Å²) in [7, 11) is -3.46. The van der Waals surface area contributed by atoms with Gasteiger partial charge in [0.15, 0.2) is 0 Å². The average molecular weight is 383 g/mol. The average Bonchev–Trinajstić information content (AvgIpc) is 2.77. The highest BCUT2D eigenvalue weighted by atomic mass is 79.9. The van der Waals surface area contributed by atoms with E-state index in [0.29, 0.717) is 18.0 Å². The van der Waals surface area contributed by atoms with Gasteiger partial charge in [-0.05, 0) is 35.5 Å². The second kappa shape index (κ2) is 6.85. The van der Waals surface area contributed by atoms with Crippen molar-refractivity contribution in [2.45, 2.75) is 24.8 Å². The fourth-order valence-corrected chi connectivity index (χ4v) is 5.65. The lowest BCUT2D eigenvalue weighted by Crippen LogP contribution is -2.47. The highest BCUT2D eigenvalue weighted by molar-refractivity contribution is 9.11. The van der Waals surface area contributed by atoms with Gasteiger partial charge in [0.25, 0.3) is 0 Å². The van der Waals surface area contributed by atoms with E-state index in [9.17, 15) is 8.42 Å². The third-order valence-corrected chi connectivity index (χ3v) is 6.54. The molecule has 2 rings (SSSR count). The Morgan fingerprint density at radius 3 is 2.95 bits per heavy atom.